The SMILES string of the molecule is CC(C)(C)C1CCc2c(sc(NC(=O)c3ccc(F)cc3)c2C(=O)N2CCCCC2)C1. The average molecular weight is 443 g/mol. The molecule has 6 heteroatoms. The summed E-state index contributed by atoms with van der Waals surface area (Å²) in [6.45, 7) is 8.37. The smallest absolute Gasteiger partial charge is 0.257 e. The Morgan fingerprint density at radius 3 is 2.42 bits per heavy atom. The number of hydrogen-bond acceptors (Lipinski definition) is 3. The highest BCUT2D eigenvalue weighted by Gasteiger charge is 2.35. The average Bonchev–Trinajstić information content (AvgIpc) is 3.10. The van der Waals surface area contributed by atoms with Gasteiger partial charge in [-0.2, -0.15) is 0 Å². The van der Waals surface area contributed by atoms with Crippen molar-refractivity contribution >= 4 is 28.2 Å². The van der Waals surface area contributed by atoms with E-state index in [1.54, 1.807) is 11.3 Å². The molecule has 2 aromatic rings. The summed E-state index contributed by atoms with van der Waals surface area (Å²) in [4.78, 5) is 29.6. The molecule has 1 aliphatic carbocycles. The summed E-state index contributed by atoms with van der Waals surface area (Å²) < 4.78 is 13.3. The van der Waals surface area contributed by atoms with Gasteiger partial charge in [0.15, 0.2) is 0 Å². The van der Waals surface area contributed by atoms with Crippen LogP contribution in [0.5, 0.6) is 0 Å². The number of amides is 2. The van der Waals surface area contributed by atoms with E-state index in [0.29, 0.717) is 22.0 Å². The Labute approximate surface area is 187 Å². The summed E-state index contributed by atoms with van der Waals surface area (Å²) in [6, 6.07) is 5.50. The quantitative estimate of drug-likeness (QED) is 0.642. The van der Waals surface area contributed by atoms with Crippen LogP contribution in [0, 0.1) is 17.2 Å². The molecule has 0 spiro atoms. The third kappa shape index (κ3) is 4.69. The van der Waals surface area contributed by atoms with Gasteiger partial charge in [0.2, 0.25) is 0 Å². The number of nitrogens with one attached hydrogen (secondary N) is 1. The molecule has 1 aromatic carbocycles. The van der Waals surface area contributed by atoms with Gasteiger partial charge in [-0.05, 0) is 79.7 Å². The second-order valence-electron chi connectivity index (χ2n) is 9.83. The summed E-state index contributed by atoms with van der Waals surface area (Å²) in [5, 5.41) is 3.63. The number of hydrogen-bond donors (Lipinski definition) is 1. The van der Waals surface area contributed by atoms with Crippen molar-refractivity contribution < 1.29 is 14.0 Å². The van der Waals surface area contributed by atoms with E-state index in [2.05, 4.69) is 26.1 Å². The number of likely N-dealkylation sites (tertiary alicyclic amines) is 1. The van der Waals surface area contributed by atoms with Crippen LogP contribution in [0.25, 0.3) is 0 Å². The Kier molecular flexibility index (Phi) is 6.20. The lowest BCUT2D eigenvalue weighted by atomic mass is 9.72. The van der Waals surface area contributed by atoms with Gasteiger partial charge in [0.05, 0.1) is 5.56 Å². The molecule has 4 rings (SSSR count). The summed E-state index contributed by atoms with van der Waals surface area (Å²) in [5.41, 5.74) is 2.40. The van der Waals surface area contributed by atoms with E-state index in [4.69, 9.17) is 0 Å². The zero-order chi connectivity index (χ0) is 22.2. The molecule has 1 aliphatic heterocycles. The van der Waals surface area contributed by atoms with Crippen molar-refractivity contribution in [3.05, 3.63) is 51.7 Å². The monoisotopic (exact) mass is 442 g/mol. The van der Waals surface area contributed by atoms with Crippen molar-refractivity contribution in [1.29, 1.82) is 0 Å². The van der Waals surface area contributed by atoms with Crippen LogP contribution in [0.1, 0.15) is 77.6 Å². The molecule has 0 saturated carbocycles. The highest BCUT2D eigenvalue weighted by Crippen LogP contribution is 2.45. The number of piperidine rings is 1. The van der Waals surface area contributed by atoms with E-state index in [0.717, 1.165) is 57.2 Å². The number of thiophene rings is 1. The minimum absolute atomic E-state index is 0.0424. The van der Waals surface area contributed by atoms with Crippen LogP contribution in [0.2, 0.25) is 0 Å². The lowest BCUT2D eigenvalue weighted by Crippen LogP contribution is -2.36. The first kappa shape index (κ1) is 22.0. The topological polar surface area (TPSA) is 49.4 Å². The highest BCUT2D eigenvalue weighted by atomic mass is 32.1. The van der Waals surface area contributed by atoms with E-state index >= 15 is 0 Å². The van der Waals surface area contributed by atoms with Crippen molar-refractivity contribution in [3.63, 3.8) is 0 Å². The Morgan fingerprint density at radius 1 is 1.10 bits per heavy atom. The maximum atomic E-state index is 13.5. The van der Waals surface area contributed by atoms with Crippen molar-refractivity contribution in [2.75, 3.05) is 18.4 Å². The van der Waals surface area contributed by atoms with Crippen LogP contribution in [0.4, 0.5) is 9.39 Å². The summed E-state index contributed by atoms with van der Waals surface area (Å²) >= 11 is 1.55. The number of halogens is 1. The Hall–Kier alpha value is -2.21. The molecule has 1 aromatic heterocycles. The molecule has 166 valence electrons. The molecule has 0 bridgehead atoms. The highest BCUT2D eigenvalue weighted by molar-refractivity contribution is 7.17. The second-order valence-corrected chi connectivity index (χ2v) is 10.9. The first-order valence-corrected chi connectivity index (χ1v) is 12.1. The lowest BCUT2D eigenvalue weighted by molar-refractivity contribution is 0.0724. The third-order valence-electron chi connectivity index (χ3n) is 6.68. The van der Waals surface area contributed by atoms with Crippen molar-refractivity contribution in [3.8, 4) is 0 Å². The predicted molar refractivity (Wildman–Crippen MR) is 123 cm³/mol. The number of nitrogens with zero attached hydrogens (tertiary/aromatic N) is 1. The number of carbonyl (C=O) groups excluding carboxylic acids is 2. The molecule has 2 aliphatic rings. The van der Waals surface area contributed by atoms with Gasteiger partial charge in [0, 0.05) is 23.5 Å². The van der Waals surface area contributed by atoms with Gasteiger partial charge in [-0.15, -0.1) is 11.3 Å². The number of rotatable bonds is 3. The van der Waals surface area contributed by atoms with E-state index in [1.807, 2.05) is 4.90 Å². The van der Waals surface area contributed by atoms with E-state index < -0.39 is 0 Å². The molecular weight excluding hydrogens is 411 g/mol. The van der Waals surface area contributed by atoms with Gasteiger partial charge < -0.3 is 10.2 Å². The zero-order valence-electron chi connectivity index (χ0n) is 18.6. The van der Waals surface area contributed by atoms with Crippen molar-refractivity contribution in [2.45, 2.75) is 59.3 Å². The Morgan fingerprint density at radius 2 is 1.77 bits per heavy atom. The van der Waals surface area contributed by atoms with Gasteiger partial charge in [-0.1, -0.05) is 20.8 Å². The van der Waals surface area contributed by atoms with Crippen molar-refractivity contribution in [1.82, 2.24) is 4.90 Å². The molecule has 2 amide bonds. The van der Waals surface area contributed by atoms with Crippen LogP contribution in [0.3, 0.4) is 0 Å². The summed E-state index contributed by atoms with van der Waals surface area (Å²) in [5.74, 6) is -0.0889. The number of anilines is 1. The van der Waals surface area contributed by atoms with Gasteiger partial charge >= 0.3 is 0 Å². The van der Waals surface area contributed by atoms with Gasteiger partial charge in [-0.25, -0.2) is 4.39 Å². The largest absolute Gasteiger partial charge is 0.339 e. The lowest BCUT2D eigenvalue weighted by Gasteiger charge is -2.34. The van der Waals surface area contributed by atoms with E-state index in [-0.39, 0.29) is 23.0 Å². The fourth-order valence-electron chi connectivity index (χ4n) is 4.67. The first-order valence-electron chi connectivity index (χ1n) is 11.2. The minimum atomic E-state index is -0.377. The van der Waals surface area contributed by atoms with Crippen molar-refractivity contribution in [2.24, 2.45) is 11.3 Å². The maximum Gasteiger partial charge on any atom is 0.257 e. The van der Waals surface area contributed by atoms with Crippen LogP contribution in [-0.2, 0) is 12.8 Å². The standard InChI is InChI=1S/C25H31FN2O2S/c1-25(2,3)17-9-12-19-20(15-17)31-23(21(19)24(30)28-13-5-4-6-14-28)27-22(29)16-7-10-18(26)11-8-16/h7-8,10-11,17H,4-6,9,12-15H2,1-3H3,(H,27,29). The minimum Gasteiger partial charge on any atom is -0.339 e. The maximum absolute atomic E-state index is 13.5. The molecule has 1 unspecified atom stereocenters. The molecule has 0 radical (unpaired) electrons. The van der Waals surface area contributed by atoms with Crippen LogP contribution in [-0.4, -0.2) is 29.8 Å². The Balaban J connectivity index is 1.67. The van der Waals surface area contributed by atoms with Crippen LogP contribution in [0.15, 0.2) is 24.3 Å². The molecular formula is C25H31FN2O2S. The fourth-order valence-corrected chi connectivity index (χ4v) is 5.99. The van der Waals surface area contributed by atoms with E-state index in [9.17, 15) is 14.0 Å². The van der Waals surface area contributed by atoms with Gasteiger partial charge in [0.1, 0.15) is 10.8 Å². The first-order chi connectivity index (χ1) is 14.7. The molecule has 4 nitrogen and oxygen atoms in total. The third-order valence-corrected chi connectivity index (χ3v) is 7.85. The Bertz CT molecular complexity index is 969. The normalized spacial score (nSPS) is 19.1. The van der Waals surface area contributed by atoms with E-state index in [1.165, 1.54) is 29.1 Å². The molecule has 2 heterocycles. The summed E-state index contributed by atoms with van der Waals surface area (Å²) in [6.07, 6.45) is 6.08. The van der Waals surface area contributed by atoms with Crippen LogP contribution < -0.4 is 5.32 Å². The molecule has 1 saturated heterocycles. The molecule has 1 atom stereocenters. The fraction of sp³-hybridized carbons (Fsp3) is 0.520. The van der Waals surface area contributed by atoms with Crippen LogP contribution >= 0.6 is 11.3 Å². The van der Waals surface area contributed by atoms with Gasteiger partial charge in [-0.3, -0.25) is 9.59 Å². The number of fused-ring (bicyclic) bond motifs is 1. The molecule has 31 heavy (non-hydrogen) atoms. The molecule has 1 N–H and O–H groups in total. The van der Waals surface area contributed by atoms with Gasteiger partial charge in [0.25, 0.3) is 11.8 Å². The zero-order valence-corrected chi connectivity index (χ0v) is 19.4. The predicted octanol–water partition coefficient (Wildman–Crippen LogP) is 5.92. The number of carbonyl (C=O) groups is 2. The second kappa shape index (κ2) is 8.73. The molecule has 1 fully saturated rings. The number of benzene rings is 1. The summed E-state index contributed by atoms with van der Waals surface area (Å²) in [7, 11) is 0.